The standard InChI is InChI=1S/C31H22F2NO/c1-19-11-12-24-25-13-14-26(33)29(22-10-6-9-21(17-22)20-7-4-3-5-8-20)31(25)35-30(24)28(19)27-18-23(32)15-16-34(27)2/h3-18H,1-2H3/q+1. The summed E-state index contributed by atoms with van der Waals surface area (Å²) in [6.07, 6.45) is 1.69. The van der Waals surface area contributed by atoms with Crippen LogP contribution in [0.25, 0.3) is 55.4 Å². The van der Waals surface area contributed by atoms with Crippen LogP contribution >= 0.6 is 0 Å². The number of nitrogens with zero attached hydrogens (tertiary/aromatic N) is 1. The molecule has 0 radical (unpaired) electrons. The fraction of sp³-hybridized carbons (Fsp3) is 0.0645. The molecule has 35 heavy (non-hydrogen) atoms. The molecule has 0 N–H and O–H groups in total. The molecule has 0 spiro atoms. The molecule has 2 heterocycles. The summed E-state index contributed by atoms with van der Waals surface area (Å²) in [6, 6.07) is 28.0. The van der Waals surface area contributed by atoms with Gasteiger partial charge in [0.05, 0.1) is 11.1 Å². The van der Waals surface area contributed by atoms with E-state index in [-0.39, 0.29) is 11.6 Å². The van der Waals surface area contributed by atoms with Crippen LogP contribution in [-0.2, 0) is 7.05 Å². The molecule has 0 saturated heterocycles. The van der Waals surface area contributed by atoms with Gasteiger partial charge in [-0.2, -0.15) is 0 Å². The van der Waals surface area contributed by atoms with Crippen LogP contribution in [0.3, 0.4) is 0 Å². The SMILES string of the molecule is Cc1ccc2c(oc3c(-c4cccc(-c5ccccc5)c4)c(F)ccc32)c1-c1cc(F)cc[n+]1C. The molecule has 6 rings (SSSR count). The first kappa shape index (κ1) is 21.2. The Hall–Kier alpha value is -4.31. The van der Waals surface area contributed by atoms with Crippen molar-refractivity contribution >= 4 is 21.9 Å². The van der Waals surface area contributed by atoms with E-state index in [1.165, 1.54) is 18.2 Å². The fourth-order valence-electron chi connectivity index (χ4n) is 4.84. The quantitative estimate of drug-likeness (QED) is 0.244. The first-order valence-electron chi connectivity index (χ1n) is 11.5. The first-order valence-corrected chi connectivity index (χ1v) is 11.5. The number of halogens is 2. The van der Waals surface area contributed by atoms with Gasteiger partial charge in [0.1, 0.15) is 29.8 Å². The van der Waals surface area contributed by atoms with Crippen LogP contribution in [0.4, 0.5) is 8.78 Å². The third-order valence-electron chi connectivity index (χ3n) is 6.59. The summed E-state index contributed by atoms with van der Waals surface area (Å²) >= 11 is 0. The van der Waals surface area contributed by atoms with E-state index in [4.69, 9.17) is 4.42 Å². The molecule has 4 heteroatoms. The lowest BCUT2D eigenvalue weighted by atomic mass is 9.96. The summed E-state index contributed by atoms with van der Waals surface area (Å²) in [5, 5.41) is 1.69. The maximum Gasteiger partial charge on any atom is 0.219 e. The van der Waals surface area contributed by atoms with Crippen molar-refractivity contribution in [3.8, 4) is 33.5 Å². The van der Waals surface area contributed by atoms with Crippen LogP contribution in [0.15, 0.2) is 102 Å². The van der Waals surface area contributed by atoms with Gasteiger partial charge in [-0.3, -0.25) is 0 Å². The van der Waals surface area contributed by atoms with Gasteiger partial charge in [-0.15, -0.1) is 0 Å². The van der Waals surface area contributed by atoms with Gasteiger partial charge in [-0.25, -0.2) is 13.3 Å². The summed E-state index contributed by atoms with van der Waals surface area (Å²) in [4.78, 5) is 0. The van der Waals surface area contributed by atoms with Crippen molar-refractivity contribution in [1.29, 1.82) is 0 Å². The van der Waals surface area contributed by atoms with Crippen molar-refractivity contribution in [1.82, 2.24) is 0 Å². The Labute approximate surface area is 201 Å². The normalized spacial score (nSPS) is 11.4. The van der Waals surface area contributed by atoms with Crippen molar-refractivity contribution in [2.75, 3.05) is 0 Å². The van der Waals surface area contributed by atoms with Crippen molar-refractivity contribution < 1.29 is 17.8 Å². The molecule has 0 saturated carbocycles. The Morgan fingerprint density at radius 3 is 2.14 bits per heavy atom. The van der Waals surface area contributed by atoms with E-state index in [0.29, 0.717) is 22.4 Å². The predicted octanol–water partition coefficient (Wildman–Crippen LogP) is 8.00. The number of hydrogen-bond donors (Lipinski definition) is 0. The van der Waals surface area contributed by atoms with Gasteiger partial charge in [0, 0.05) is 22.9 Å². The second kappa shape index (κ2) is 8.17. The third kappa shape index (κ3) is 3.50. The molecule has 6 aromatic rings. The minimum atomic E-state index is -0.351. The second-order valence-corrected chi connectivity index (χ2v) is 8.82. The molecule has 0 aliphatic carbocycles. The highest BCUT2D eigenvalue weighted by Gasteiger charge is 2.23. The monoisotopic (exact) mass is 462 g/mol. The van der Waals surface area contributed by atoms with Gasteiger partial charge in [0.15, 0.2) is 6.20 Å². The number of fused-ring (bicyclic) bond motifs is 3. The number of aromatic nitrogens is 1. The summed E-state index contributed by atoms with van der Waals surface area (Å²) in [7, 11) is 1.87. The molecule has 0 bridgehead atoms. The average Bonchev–Trinajstić information content (AvgIpc) is 3.24. The van der Waals surface area contributed by atoms with Gasteiger partial charge in [0.25, 0.3) is 0 Å². The molecule has 170 valence electrons. The van der Waals surface area contributed by atoms with Crippen LogP contribution in [0.2, 0.25) is 0 Å². The zero-order valence-corrected chi connectivity index (χ0v) is 19.3. The van der Waals surface area contributed by atoms with E-state index >= 15 is 4.39 Å². The van der Waals surface area contributed by atoms with Crippen LogP contribution < -0.4 is 4.57 Å². The molecular weight excluding hydrogens is 440 g/mol. The minimum Gasteiger partial charge on any atom is -0.454 e. The van der Waals surface area contributed by atoms with Crippen molar-refractivity contribution in [3.05, 3.63) is 114 Å². The lowest BCUT2D eigenvalue weighted by Crippen LogP contribution is -2.30. The first-order chi connectivity index (χ1) is 17.0. The van der Waals surface area contributed by atoms with Gasteiger partial charge in [-0.05, 0) is 47.4 Å². The molecule has 0 aliphatic rings. The number of benzene rings is 4. The number of hydrogen-bond acceptors (Lipinski definition) is 1. The lowest BCUT2D eigenvalue weighted by molar-refractivity contribution is -0.660. The summed E-state index contributed by atoms with van der Waals surface area (Å²) in [6.45, 7) is 1.97. The minimum absolute atomic E-state index is 0.324. The average molecular weight is 463 g/mol. The Balaban J connectivity index is 1.64. The second-order valence-electron chi connectivity index (χ2n) is 8.82. The van der Waals surface area contributed by atoms with E-state index < -0.39 is 0 Å². The van der Waals surface area contributed by atoms with Crippen molar-refractivity contribution in [3.63, 3.8) is 0 Å². The molecule has 0 atom stereocenters. The summed E-state index contributed by atoms with van der Waals surface area (Å²) in [5.74, 6) is -0.675. The van der Waals surface area contributed by atoms with Gasteiger partial charge >= 0.3 is 0 Å². The number of furan rings is 1. The van der Waals surface area contributed by atoms with E-state index in [1.807, 2.05) is 85.3 Å². The van der Waals surface area contributed by atoms with Crippen molar-refractivity contribution in [2.45, 2.75) is 6.92 Å². The molecule has 0 fully saturated rings. The zero-order chi connectivity index (χ0) is 24.1. The molecule has 0 aliphatic heterocycles. The van der Waals surface area contributed by atoms with Gasteiger partial charge in [-0.1, -0.05) is 60.7 Å². The molecule has 2 aromatic heterocycles. The van der Waals surface area contributed by atoms with Crippen LogP contribution in [0, 0.1) is 18.6 Å². The Morgan fingerprint density at radius 1 is 0.657 bits per heavy atom. The molecule has 0 amide bonds. The van der Waals surface area contributed by atoms with Crippen LogP contribution in [0.5, 0.6) is 0 Å². The lowest BCUT2D eigenvalue weighted by Gasteiger charge is -2.08. The van der Waals surface area contributed by atoms with E-state index in [2.05, 4.69) is 0 Å². The fourth-order valence-corrected chi connectivity index (χ4v) is 4.84. The molecule has 0 unspecified atom stereocenters. The Morgan fingerprint density at radius 2 is 1.34 bits per heavy atom. The highest BCUT2D eigenvalue weighted by molar-refractivity contribution is 6.13. The van der Waals surface area contributed by atoms with E-state index in [9.17, 15) is 4.39 Å². The largest absolute Gasteiger partial charge is 0.454 e. The topological polar surface area (TPSA) is 17.0 Å². The van der Waals surface area contributed by atoms with Gasteiger partial charge < -0.3 is 4.42 Å². The molecular formula is C31H22F2NO+. The van der Waals surface area contributed by atoms with E-state index in [1.54, 1.807) is 12.3 Å². The smallest absolute Gasteiger partial charge is 0.219 e. The maximum atomic E-state index is 15.4. The Bertz CT molecular complexity index is 1730. The number of rotatable bonds is 3. The highest BCUT2D eigenvalue weighted by atomic mass is 19.1. The highest BCUT2D eigenvalue weighted by Crippen LogP contribution is 2.42. The van der Waals surface area contributed by atoms with E-state index in [0.717, 1.165) is 38.6 Å². The summed E-state index contributed by atoms with van der Waals surface area (Å²) in [5.41, 5.74) is 6.76. The van der Waals surface area contributed by atoms with Crippen molar-refractivity contribution in [2.24, 2.45) is 7.05 Å². The Kier molecular flexibility index (Phi) is 4.96. The summed E-state index contributed by atoms with van der Waals surface area (Å²) < 4.78 is 37.9. The molecule has 4 aromatic carbocycles. The van der Waals surface area contributed by atoms with Gasteiger partial charge in [0.2, 0.25) is 5.69 Å². The number of aryl methyl sites for hydroxylation is 2. The molecule has 2 nitrogen and oxygen atoms in total. The maximum absolute atomic E-state index is 15.4. The zero-order valence-electron chi connectivity index (χ0n) is 19.3. The van der Waals surface area contributed by atoms with Crippen LogP contribution in [0.1, 0.15) is 5.56 Å². The predicted molar refractivity (Wildman–Crippen MR) is 136 cm³/mol. The van der Waals surface area contributed by atoms with Crippen LogP contribution in [-0.4, -0.2) is 0 Å². The third-order valence-corrected chi connectivity index (χ3v) is 6.59. The number of pyridine rings is 1.